The minimum absolute atomic E-state index is 0.469. The highest BCUT2D eigenvalue weighted by atomic mass is 32.2. The molecule has 0 atom stereocenters. The maximum Gasteiger partial charge on any atom is 0.125 e. The van der Waals surface area contributed by atoms with Crippen LogP contribution < -0.4 is 18.9 Å². The third kappa shape index (κ3) is 14.5. The van der Waals surface area contributed by atoms with Gasteiger partial charge in [-0.3, -0.25) is 0 Å². The number of hydrogen-bond donors (Lipinski definition) is 0. The Morgan fingerprint density at radius 1 is 0.189 bits per heavy atom. The second-order valence-electron chi connectivity index (χ2n) is 19.7. The topological polar surface area (TPSA) is 92.3 Å². The standard InChI is InChI=1S/C60H84O10S4/c1-37-49-29-71-30-50-38(2)55-35-74-36-56-40(4)52-32-72-31-51-39(3)54(46(10)59(43(51)7)69-27-23-65-19-15-62-16-20-66-24-28-70-60(44(52)8)48(56)12)34-73-33-53(37)45(9)57(41(49)5)67-25-21-63-17-13-61-14-18-64-22-26-68-58(42(50)6)47(55)11/h13-36H2,1-12H3. The fourth-order valence-corrected chi connectivity index (χ4v) is 16.2. The molecule has 0 fully saturated rings. The summed E-state index contributed by atoms with van der Waals surface area (Å²) in [6, 6.07) is 0. The number of fused-ring (bicyclic) bond motifs is 12. The average molecular weight is 1090 g/mol. The molecule has 408 valence electrons. The third-order valence-corrected chi connectivity index (χ3v) is 19.3. The van der Waals surface area contributed by atoms with Gasteiger partial charge in [-0.05, 0) is 194 Å². The van der Waals surface area contributed by atoms with Crippen molar-refractivity contribution < 1.29 is 47.4 Å². The molecule has 0 radical (unpaired) electrons. The third-order valence-electron chi connectivity index (χ3n) is 15.3. The van der Waals surface area contributed by atoms with Crippen LogP contribution in [0.15, 0.2) is 0 Å². The summed E-state index contributed by atoms with van der Waals surface area (Å²) in [7, 11) is 0. The molecule has 7 rings (SSSR count). The first-order valence-corrected chi connectivity index (χ1v) is 31.2. The number of thioether (sulfide) groups is 4. The molecule has 0 aromatic heterocycles. The maximum atomic E-state index is 6.72. The summed E-state index contributed by atoms with van der Waals surface area (Å²) in [6.45, 7) is 35.1. The van der Waals surface area contributed by atoms with E-state index in [0.29, 0.717) is 106 Å². The molecule has 4 aromatic rings. The van der Waals surface area contributed by atoms with Gasteiger partial charge in [0.2, 0.25) is 0 Å². The van der Waals surface area contributed by atoms with Crippen LogP contribution in [0.2, 0.25) is 0 Å². The fourth-order valence-electron chi connectivity index (χ4n) is 10.7. The van der Waals surface area contributed by atoms with E-state index < -0.39 is 0 Å². The quantitative estimate of drug-likeness (QED) is 0.167. The lowest BCUT2D eigenvalue weighted by Gasteiger charge is -2.25. The molecule has 3 heterocycles. The zero-order valence-electron chi connectivity index (χ0n) is 46.7. The Morgan fingerprint density at radius 2 is 0.324 bits per heavy atom. The van der Waals surface area contributed by atoms with Crippen LogP contribution in [0.3, 0.4) is 0 Å². The average Bonchev–Trinajstić information content (AvgIpc) is 3.37. The highest BCUT2D eigenvalue weighted by Crippen LogP contribution is 2.44. The van der Waals surface area contributed by atoms with Gasteiger partial charge in [0.05, 0.1) is 79.3 Å². The molecule has 0 amide bonds. The molecule has 0 aliphatic carbocycles. The summed E-state index contributed by atoms with van der Waals surface area (Å²) in [5, 5.41) is 0. The van der Waals surface area contributed by atoms with Gasteiger partial charge in [0.15, 0.2) is 0 Å². The Morgan fingerprint density at radius 3 is 0.473 bits per heavy atom. The van der Waals surface area contributed by atoms with Crippen LogP contribution in [0.1, 0.15) is 111 Å². The highest BCUT2D eigenvalue weighted by Gasteiger charge is 2.25. The molecule has 0 saturated heterocycles. The number of rotatable bonds is 0. The summed E-state index contributed by atoms with van der Waals surface area (Å²) < 4.78 is 62.5. The first-order chi connectivity index (χ1) is 35.8. The zero-order valence-corrected chi connectivity index (χ0v) is 50.0. The molecule has 12 bridgehead atoms. The molecular weight excluding hydrogens is 1010 g/mol. The highest BCUT2D eigenvalue weighted by molar-refractivity contribution is 7.98. The molecule has 0 unspecified atom stereocenters. The lowest BCUT2D eigenvalue weighted by Crippen LogP contribution is -2.16. The minimum atomic E-state index is 0.469. The summed E-state index contributed by atoms with van der Waals surface area (Å²) in [5.41, 5.74) is 26.0. The van der Waals surface area contributed by atoms with Crippen molar-refractivity contribution in [3.63, 3.8) is 0 Å². The van der Waals surface area contributed by atoms with Crippen molar-refractivity contribution in [1.29, 1.82) is 0 Å². The molecule has 14 heteroatoms. The molecular formula is C60H84O10S4. The fraction of sp³-hybridized carbons (Fsp3) is 0.600. The second-order valence-corrected chi connectivity index (χ2v) is 23.6. The Balaban J connectivity index is 1.35. The van der Waals surface area contributed by atoms with E-state index in [4.69, 9.17) is 47.4 Å². The van der Waals surface area contributed by atoms with Crippen molar-refractivity contribution in [2.75, 3.05) is 106 Å². The minimum Gasteiger partial charge on any atom is -0.491 e. The van der Waals surface area contributed by atoms with Gasteiger partial charge in [-0.15, -0.1) is 0 Å². The molecule has 3 aliphatic rings. The van der Waals surface area contributed by atoms with Gasteiger partial charge < -0.3 is 47.4 Å². The molecule has 10 nitrogen and oxygen atoms in total. The Labute approximate surface area is 460 Å². The smallest absolute Gasteiger partial charge is 0.125 e. The lowest BCUT2D eigenvalue weighted by molar-refractivity contribution is 0.00486. The van der Waals surface area contributed by atoms with Crippen molar-refractivity contribution in [1.82, 2.24) is 0 Å². The van der Waals surface area contributed by atoms with E-state index in [2.05, 4.69) is 83.1 Å². The first kappa shape index (κ1) is 58.9. The van der Waals surface area contributed by atoms with Gasteiger partial charge in [-0.1, -0.05) is 0 Å². The van der Waals surface area contributed by atoms with Crippen LogP contribution in [0, 0.1) is 83.1 Å². The predicted octanol–water partition coefficient (Wildman–Crippen LogP) is 13.1. The summed E-state index contributed by atoms with van der Waals surface area (Å²) >= 11 is 7.94. The lowest BCUT2D eigenvalue weighted by atomic mass is 9.93. The van der Waals surface area contributed by atoms with Crippen LogP contribution in [0.4, 0.5) is 0 Å². The molecule has 0 saturated carbocycles. The van der Waals surface area contributed by atoms with Crippen LogP contribution in [0.5, 0.6) is 23.0 Å². The van der Waals surface area contributed by atoms with Gasteiger partial charge in [0.1, 0.15) is 49.4 Å². The van der Waals surface area contributed by atoms with E-state index in [1.165, 1.54) is 111 Å². The largest absolute Gasteiger partial charge is 0.491 e. The van der Waals surface area contributed by atoms with E-state index in [1.807, 2.05) is 47.0 Å². The Bertz CT molecular complexity index is 2200. The van der Waals surface area contributed by atoms with E-state index in [0.717, 1.165) is 69.0 Å². The van der Waals surface area contributed by atoms with Gasteiger partial charge in [-0.2, -0.15) is 47.0 Å². The first-order valence-electron chi connectivity index (χ1n) is 26.6. The molecule has 74 heavy (non-hydrogen) atoms. The van der Waals surface area contributed by atoms with Crippen LogP contribution >= 0.6 is 47.0 Å². The second kappa shape index (κ2) is 29.3. The van der Waals surface area contributed by atoms with Gasteiger partial charge >= 0.3 is 0 Å². The van der Waals surface area contributed by atoms with Crippen LogP contribution in [0.25, 0.3) is 0 Å². The normalized spacial score (nSPS) is 18.2. The van der Waals surface area contributed by atoms with Gasteiger partial charge in [-0.25, -0.2) is 0 Å². The molecule has 3 aliphatic heterocycles. The zero-order chi connectivity index (χ0) is 52.7. The van der Waals surface area contributed by atoms with Crippen molar-refractivity contribution in [3.8, 4) is 23.0 Å². The van der Waals surface area contributed by atoms with E-state index in [9.17, 15) is 0 Å². The summed E-state index contributed by atoms with van der Waals surface area (Å²) in [6.07, 6.45) is 0. The molecule has 0 spiro atoms. The number of benzene rings is 4. The number of ether oxygens (including phenoxy) is 10. The SMILES string of the molecule is Cc1c2c(C)c3c(C)c1CSCc1c(C)c4c(C)c(c1C)OCCOCCOCCOCCOc1c(C)c(c(C)c(c1C)CSCc1c(C)c(c(C)c(c1C)OCCOCCOCCOCCO3)CSC2)CSC4. The van der Waals surface area contributed by atoms with Crippen molar-refractivity contribution >= 4 is 47.0 Å². The van der Waals surface area contributed by atoms with Crippen molar-refractivity contribution in [2.45, 2.75) is 129 Å². The van der Waals surface area contributed by atoms with Crippen molar-refractivity contribution in [2.24, 2.45) is 0 Å². The van der Waals surface area contributed by atoms with E-state index in [1.54, 1.807) is 0 Å². The monoisotopic (exact) mass is 1090 g/mol. The molecule has 4 aromatic carbocycles. The molecule has 0 N–H and O–H groups in total. The summed E-state index contributed by atoms with van der Waals surface area (Å²) in [5.74, 6) is 10.8. The van der Waals surface area contributed by atoms with E-state index >= 15 is 0 Å². The Hall–Kier alpha value is -2.76. The van der Waals surface area contributed by atoms with Gasteiger partial charge in [0.25, 0.3) is 0 Å². The predicted molar refractivity (Wildman–Crippen MR) is 310 cm³/mol. The van der Waals surface area contributed by atoms with Crippen LogP contribution in [-0.2, 0) is 74.4 Å². The van der Waals surface area contributed by atoms with Gasteiger partial charge in [0, 0.05) is 46.0 Å². The van der Waals surface area contributed by atoms with E-state index in [-0.39, 0.29) is 0 Å². The van der Waals surface area contributed by atoms with Crippen LogP contribution in [-0.4, -0.2) is 106 Å². The number of hydrogen-bond acceptors (Lipinski definition) is 14. The Kier molecular flexibility index (Phi) is 23.3. The van der Waals surface area contributed by atoms with Crippen molar-refractivity contribution in [3.05, 3.63) is 111 Å². The summed E-state index contributed by atoms with van der Waals surface area (Å²) in [4.78, 5) is 0. The maximum absolute atomic E-state index is 6.72.